The molecule has 0 fully saturated rings. The topological polar surface area (TPSA) is 78.3 Å². The maximum absolute atomic E-state index is 9.36. The number of hydrogen-bond donors (Lipinski definition) is 0. The van der Waals surface area contributed by atoms with Crippen LogP contribution in [0.2, 0.25) is 0 Å². The lowest BCUT2D eigenvalue weighted by Gasteiger charge is -2.09. The molecule has 0 unspecified atom stereocenters. The van der Waals surface area contributed by atoms with Crippen LogP contribution in [0, 0.1) is 22.7 Å². The standard InChI is InChI=1S/C42H25N5/c43-26-36-22-34(16-18-45-36)30-8-4-6-28(20-30)32-12-14-41-39(24-32)40-25-33(13-15-42(40)47(41)38-10-2-1-3-11-38)29-7-5-9-31(21-29)35-17-19-46-37(23-35)27-44/h1-25H. The molecule has 3 heterocycles. The third-order valence-electron chi connectivity index (χ3n) is 8.59. The highest BCUT2D eigenvalue weighted by Gasteiger charge is 2.15. The predicted octanol–water partition coefficient (Wildman–Crippen LogP) is 9.99. The summed E-state index contributed by atoms with van der Waals surface area (Å²) in [6.07, 6.45) is 3.36. The van der Waals surface area contributed by atoms with Crippen molar-refractivity contribution in [3.63, 3.8) is 0 Å². The molecule has 0 N–H and O–H groups in total. The Kier molecular flexibility index (Phi) is 6.84. The number of pyridine rings is 2. The van der Waals surface area contributed by atoms with Gasteiger partial charge in [-0.1, -0.05) is 66.7 Å². The molecule has 5 nitrogen and oxygen atoms in total. The second-order valence-corrected chi connectivity index (χ2v) is 11.4. The number of para-hydroxylation sites is 1. The van der Waals surface area contributed by atoms with Crippen LogP contribution >= 0.6 is 0 Å². The smallest absolute Gasteiger partial charge is 0.141 e. The van der Waals surface area contributed by atoms with E-state index in [2.05, 4.69) is 136 Å². The Labute approximate surface area is 271 Å². The molecule has 0 amide bonds. The quantitative estimate of drug-likeness (QED) is 0.197. The van der Waals surface area contributed by atoms with E-state index in [1.165, 1.54) is 0 Å². The van der Waals surface area contributed by atoms with Crippen molar-refractivity contribution in [2.24, 2.45) is 0 Å². The van der Waals surface area contributed by atoms with Gasteiger partial charge in [0.2, 0.25) is 0 Å². The zero-order chi connectivity index (χ0) is 31.7. The molecule has 47 heavy (non-hydrogen) atoms. The minimum atomic E-state index is 0.400. The van der Waals surface area contributed by atoms with E-state index in [4.69, 9.17) is 0 Å². The fourth-order valence-electron chi connectivity index (χ4n) is 6.34. The number of aromatic nitrogens is 3. The van der Waals surface area contributed by atoms with E-state index in [0.29, 0.717) is 11.4 Å². The van der Waals surface area contributed by atoms with Crippen molar-refractivity contribution in [3.8, 4) is 62.3 Å². The van der Waals surface area contributed by atoms with E-state index in [0.717, 1.165) is 72.0 Å². The Morgan fingerprint density at radius 1 is 0.404 bits per heavy atom. The second-order valence-electron chi connectivity index (χ2n) is 11.4. The summed E-state index contributed by atoms with van der Waals surface area (Å²) in [5, 5.41) is 21.0. The summed E-state index contributed by atoms with van der Waals surface area (Å²) in [5.74, 6) is 0. The van der Waals surface area contributed by atoms with Gasteiger partial charge in [-0.3, -0.25) is 0 Å². The molecule has 0 radical (unpaired) electrons. The number of fused-ring (bicyclic) bond motifs is 3. The van der Waals surface area contributed by atoms with Crippen LogP contribution in [0.25, 0.3) is 72.0 Å². The Bertz CT molecular complexity index is 2390. The fraction of sp³-hybridized carbons (Fsp3) is 0. The van der Waals surface area contributed by atoms with Crippen LogP contribution in [0.3, 0.4) is 0 Å². The minimum absolute atomic E-state index is 0.400. The predicted molar refractivity (Wildman–Crippen MR) is 188 cm³/mol. The van der Waals surface area contributed by atoms with Crippen LogP contribution in [-0.2, 0) is 0 Å². The van der Waals surface area contributed by atoms with Crippen molar-refractivity contribution in [1.82, 2.24) is 14.5 Å². The number of nitriles is 2. The van der Waals surface area contributed by atoms with Crippen molar-refractivity contribution in [1.29, 1.82) is 10.5 Å². The lowest BCUT2D eigenvalue weighted by molar-refractivity contribution is 1.18. The van der Waals surface area contributed by atoms with Gasteiger partial charge in [-0.25, -0.2) is 9.97 Å². The van der Waals surface area contributed by atoms with Gasteiger partial charge in [0.25, 0.3) is 0 Å². The average molecular weight is 600 g/mol. The minimum Gasteiger partial charge on any atom is -0.309 e. The van der Waals surface area contributed by atoms with Gasteiger partial charge in [0, 0.05) is 28.9 Å². The number of rotatable bonds is 5. The Morgan fingerprint density at radius 2 is 0.830 bits per heavy atom. The highest BCUT2D eigenvalue weighted by Crippen LogP contribution is 2.38. The van der Waals surface area contributed by atoms with Gasteiger partial charge in [-0.15, -0.1) is 0 Å². The molecule has 8 rings (SSSR count). The molecule has 5 heteroatoms. The maximum Gasteiger partial charge on any atom is 0.141 e. The first-order valence-electron chi connectivity index (χ1n) is 15.3. The summed E-state index contributed by atoms with van der Waals surface area (Å²) in [6.45, 7) is 0. The van der Waals surface area contributed by atoms with E-state index >= 15 is 0 Å². The number of nitrogens with zero attached hydrogens (tertiary/aromatic N) is 5. The summed E-state index contributed by atoms with van der Waals surface area (Å²) < 4.78 is 2.33. The fourth-order valence-corrected chi connectivity index (χ4v) is 6.34. The van der Waals surface area contributed by atoms with E-state index in [-0.39, 0.29) is 0 Å². The lowest BCUT2D eigenvalue weighted by Crippen LogP contribution is -1.93. The van der Waals surface area contributed by atoms with Crippen LogP contribution in [0.5, 0.6) is 0 Å². The summed E-state index contributed by atoms with van der Waals surface area (Å²) in [6, 6.07) is 52.4. The number of hydrogen-bond acceptors (Lipinski definition) is 4. The zero-order valence-corrected chi connectivity index (χ0v) is 25.2. The first kappa shape index (κ1) is 27.7. The van der Waals surface area contributed by atoms with Crippen molar-refractivity contribution in [3.05, 3.63) is 163 Å². The van der Waals surface area contributed by atoms with Crippen LogP contribution in [0.1, 0.15) is 11.4 Å². The van der Waals surface area contributed by atoms with Gasteiger partial charge in [-0.05, 0) is 117 Å². The first-order valence-corrected chi connectivity index (χ1v) is 15.3. The first-order chi connectivity index (χ1) is 23.2. The van der Waals surface area contributed by atoms with Gasteiger partial charge in [0.05, 0.1) is 11.0 Å². The molecule has 0 saturated heterocycles. The summed E-state index contributed by atoms with van der Waals surface area (Å²) in [7, 11) is 0. The Morgan fingerprint density at radius 3 is 1.28 bits per heavy atom. The van der Waals surface area contributed by atoms with Crippen molar-refractivity contribution in [2.75, 3.05) is 0 Å². The van der Waals surface area contributed by atoms with Crippen molar-refractivity contribution in [2.45, 2.75) is 0 Å². The largest absolute Gasteiger partial charge is 0.309 e. The van der Waals surface area contributed by atoms with Gasteiger partial charge in [0.1, 0.15) is 23.5 Å². The van der Waals surface area contributed by atoms with E-state index < -0.39 is 0 Å². The molecule has 0 bridgehead atoms. The molecule has 0 aliphatic rings. The maximum atomic E-state index is 9.36. The molecular weight excluding hydrogens is 574 g/mol. The van der Waals surface area contributed by atoms with Crippen molar-refractivity contribution >= 4 is 21.8 Å². The van der Waals surface area contributed by atoms with E-state index in [9.17, 15) is 10.5 Å². The van der Waals surface area contributed by atoms with Crippen LogP contribution in [0.4, 0.5) is 0 Å². The normalized spacial score (nSPS) is 10.9. The van der Waals surface area contributed by atoms with Gasteiger partial charge in [0.15, 0.2) is 0 Å². The molecule has 0 aliphatic heterocycles. The van der Waals surface area contributed by atoms with E-state index in [1.54, 1.807) is 12.4 Å². The number of benzene rings is 5. The Hall–Kier alpha value is -6.82. The Balaban J connectivity index is 1.29. The van der Waals surface area contributed by atoms with Crippen LogP contribution in [0.15, 0.2) is 152 Å². The van der Waals surface area contributed by atoms with Crippen molar-refractivity contribution < 1.29 is 0 Å². The monoisotopic (exact) mass is 599 g/mol. The lowest BCUT2D eigenvalue weighted by atomic mass is 9.96. The van der Waals surface area contributed by atoms with Crippen LogP contribution < -0.4 is 0 Å². The third kappa shape index (κ3) is 5.09. The molecule has 0 aliphatic carbocycles. The summed E-state index contributed by atoms with van der Waals surface area (Å²) in [4.78, 5) is 8.27. The molecule has 0 atom stereocenters. The molecule has 3 aromatic heterocycles. The molecular formula is C42H25N5. The molecule has 0 saturated carbocycles. The summed E-state index contributed by atoms with van der Waals surface area (Å²) in [5.41, 5.74) is 12.6. The van der Waals surface area contributed by atoms with E-state index in [1.807, 2.05) is 30.3 Å². The van der Waals surface area contributed by atoms with Gasteiger partial charge >= 0.3 is 0 Å². The van der Waals surface area contributed by atoms with Crippen LogP contribution in [-0.4, -0.2) is 14.5 Å². The highest BCUT2D eigenvalue weighted by molar-refractivity contribution is 6.11. The molecule has 5 aromatic carbocycles. The second kappa shape index (κ2) is 11.6. The zero-order valence-electron chi connectivity index (χ0n) is 25.2. The molecule has 0 spiro atoms. The van der Waals surface area contributed by atoms with Gasteiger partial charge in [-0.2, -0.15) is 10.5 Å². The molecule has 218 valence electrons. The average Bonchev–Trinajstić information content (AvgIpc) is 3.48. The SMILES string of the molecule is N#Cc1cc(-c2cccc(-c3ccc4c(c3)c3cc(-c5cccc(-c6ccnc(C#N)c6)c5)ccc3n4-c3ccccc3)c2)ccn1. The van der Waals surface area contributed by atoms with Gasteiger partial charge < -0.3 is 4.57 Å². The summed E-state index contributed by atoms with van der Waals surface area (Å²) >= 11 is 0. The molecule has 8 aromatic rings. The highest BCUT2D eigenvalue weighted by atomic mass is 15.0. The third-order valence-corrected chi connectivity index (χ3v) is 8.59.